The molecule has 0 amide bonds. The van der Waals surface area contributed by atoms with Gasteiger partial charge in [-0.25, -0.2) is 0 Å². The second kappa shape index (κ2) is 10.1. The Labute approximate surface area is 190 Å². The van der Waals surface area contributed by atoms with Gasteiger partial charge in [-0.05, 0) is 80.9 Å². The van der Waals surface area contributed by atoms with E-state index in [0.29, 0.717) is 21.9 Å². The van der Waals surface area contributed by atoms with Gasteiger partial charge in [0.25, 0.3) is 0 Å². The molecule has 0 fully saturated rings. The third kappa shape index (κ3) is 5.16. The van der Waals surface area contributed by atoms with Crippen molar-refractivity contribution in [3.8, 4) is 0 Å². The Morgan fingerprint density at radius 1 is 1.14 bits per heavy atom. The Kier molecular flexibility index (Phi) is 7.52. The van der Waals surface area contributed by atoms with Gasteiger partial charge in [0, 0.05) is 9.84 Å². The van der Waals surface area contributed by atoms with Crippen LogP contribution in [0.2, 0.25) is 0 Å². The lowest BCUT2D eigenvalue weighted by Crippen LogP contribution is -2.32. The average molecular weight is 506 g/mol. The number of rotatable bonds is 7. The van der Waals surface area contributed by atoms with Crippen molar-refractivity contribution in [1.29, 1.82) is 0 Å². The van der Waals surface area contributed by atoms with Crippen LogP contribution in [0.15, 0.2) is 58.7 Å². The number of hydrogen-bond donors (Lipinski definition) is 0. The Morgan fingerprint density at radius 2 is 2.00 bits per heavy atom. The molecule has 5 unspecified atom stereocenters. The quantitative estimate of drug-likeness (QED) is 0.157. The van der Waals surface area contributed by atoms with Crippen LogP contribution >= 0.6 is 22.6 Å². The highest BCUT2D eigenvalue weighted by atomic mass is 127. The van der Waals surface area contributed by atoms with E-state index in [4.69, 9.17) is 9.47 Å². The lowest BCUT2D eigenvalue weighted by Gasteiger charge is -2.37. The molecule has 29 heavy (non-hydrogen) atoms. The maximum Gasteiger partial charge on any atom is 0.155 e. The van der Waals surface area contributed by atoms with E-state index in [9.17, 15) is 0 Å². The van der Waals surface area contributed by atoms with Crippen molar-refractivity contribution in [2.24, 2.45) is 11.8 Å². The monoisotopic (exact) mass is 506 g/mol. The van der Waals surface area contributed by atoms with E-state index in [1.165, 1.54) is 42.4 Å². The average Bonchev–Trinajstić information content (AvgIpc) is 2.76. The van der Waals surface area contributed by atoms with Gasteiger partial charge in [0.1, 0.15) is 0 Å². The van der Waals surface area contributed by atoms with Crippen molar-refractivity contribution in [2.45, 2.75) is 81.5 Å². The summed E-state index contributed by atoms with van der Waals surface area (Å²) in [6.45, 7) is 5.12. The SMILES string of the molecule is CCC(I)C1=CCCC(OC(C)OCC2C3=C(C=C4C=CCCC42)CCC=C3)C1. The fraction of sp³-hybridized carbons (Fsp3) is 0.615. The van der Waals surface area contributed by atoms with Crippen LogP contribution in [0.3, 0.4) is 0 Å². The molecular weight excluding hydrogens is 471 g/mol. The van der Waals surface area contributed by atoms with Crippen molar-refractivity contribution in [1.82, 2.24) is 0 Å². The highest BCUT2D eigenvalue weighted by molar-refractivity contribution is 14.1. The summed E-state index contributed by atoms with van der Waals surface area (Å²) >= 11 is 2.57. The maximum atomic E-state index is 6.35. The number of halogens is 1. The molecule has 0 aromatic heterocycles. The predicted octanol–water partition coefficient (Wildman–Crippen LogP) is 7.23. The highest BCUT2D eigenvalue weighted by Gasteiger charge is 2.33. The van der Waals surface area contributed by atoms with Gasteiger partial charge in [-0.15, -0.1) is 0 Å². The van der Waals surface area contributed by atoms with Gasteiger partial charge in [-0.3, -0.25) is 0 Å². The van der Waals surface area contributed by atoms with E-state index in [-0.39, 0.29) is 6.29 Å². The lowest BCUT2D eigenvalue weighted by molar-refractivity contribution is -0.168. The van der Waals surface area contributed by atoms with Crippen LogP contribution in [0.25, 0.3) is 0 Å². The first-order valence-electron chi connectivity index (χ1n) is 11.5. The normalized spacial score (nSPS) is 30.9. The third-order valence-electron chi connectivity index (χ3n) is 6.87. The topological polar surface area (TPSA) is 18.5 Å². The smallest absolute Gasteiger partial charge is 0.155 e. The van der Waals surface area contributed by atoms with Gasteiger partial charge >= 0.3 is 0 Å². The van der Waals surface area contributed by atoms with Crippen molar-refractivity contribution in [3.63, 3.8) is 0 Å². The molecule has 4 aliphatic carbocycles. The van der Waals surface area contributed by atoms with Crippen molar-refractivity contribution in [2.75, 3.05) is 6.61 Å². The second-order valence-corrected chi connectivity index (χ2v) is 10.4. The summed E-state index contributed by atoms with van der Waals surface area (Å²) in [6, 6.07) is 0. The molecule has 0 aromatic carbocycles. The molecule has 0 radical (unpaired) electrons. The van der Waals surface area contributed by atoms with Gasteiger partial charge in [0.2, 0.25) is 0 Å². The van der Waals surface area contributed by atoms with Crippen LogP contribution in [-0.4, -0.2) is 22.9 Å². The van der Waals surface area contributed by atoms with Gasteiger partial charge in [-0.2, -0.15) is 0 Å². The molecule has 4 rings (SSSR count). The Morgan fingerprint density at radius 3 is 2.86 bits per heavy atom. The molecule has 4 aliphatic rings. The second-order valence-electron chi connectivity index (χ2n) is 8.85. The molecule has 158 valence electrons. The van der Waals surface area contributed by atoms with E-state index in [1.807, 2.05) is 0 Å². The summed E-state index contributed by atoms with van der Waals surface area (Å²) in [6.07, 6.45) is 23.7. The molecular formula is C26H35IO2. The summed E-state index contributed by atoms with van der Waals surface area (Å²) in [5.74, 6) is 1.07. The van der Waals surface area contributed by atoms with Crippen molar-refractivity contribution >= 4 is 22.6 Å². The molecule has 0 saturated carbocycles. The van der Waals surface area contributed by atoms with Crippen LogP contribution in [-0.2, 0) is 9.47 Å². The first kappa shape index (κ1) is 21.6. The van der Waals surface area contributed by atoms with E-state index < -0.39 is 0 Å². The van der Waals surface area contributed by atoms with Crippen molar-refractivity contribution in [3.05, 3.63) is 58.7 Å². The molecule has 0 bridgehead atoms. The first-order valence-corrected chi connectivity index (χ1v) is 12.8. The predicted molar refractivity (Wildman–Crippen MR) is 129 cm³/mol. The molecule has 0 aromatic rings. The molecule has 0 N–H and O–H groups in total. The molecule has 0 aliphatic heterocycles. The standard InChI is InChI=1S/C26H35IO2/c1-3-26(27)21-11-8-12-22(16-21)29-18(2)28-17-25-23-13-6-4-9-19(23)15-20-10-5-7-14-24(20)25/h4,7,9,11,14-15,18,22-23,25-26H,3,5-6,8,10,12-13,16-17H2,1-2H3. The molecule has 3 heteroatoms. The first-order chi connectivity index (χ1) is 14.2. The number of hydrogen-bond acceptors (Lipinski definition) is 2. The van der Waals surface area contributed by atoms with Crippen LogP contribution in [0.1, 0.15) is 65.2 Å². The van der Waals surface area contributed by atoms with Gasteiger partial charge in [0.15, 0.2) is 6.29 Å². The summed E-state index contributed by atoms with van der Waals surface area (Å²) < 4.78 is 13.3. The fourth-order valence-corrected chi connectivity index (χ4v) is 5.81. The van der Waals surface area contributed by atoms with Crippen LogP contribution < -0.4 is 0 Å². The zero-order valence-corrected chi connectivity index (χ0v) is 20.1. The summed E-state index contributed by atoms with van der Waals surface area (Å²) in [7, 11) is 0. The highest BCUT2D eigenvalue weighted by Crippen LogP contribution is 2.43. The molecule has 2 nitrogen and oxygen atoms in total. The van der Waals surface area contributed by atoms with Gasteiger partial charge in [0.05, 0.1) is 12.7 Å². The Bertz CT molecular complexity index is 742. The maximum absolute atomic E-state index is 6.35. The lowest BCUT2D eigenvalue weighted by atomic mass is 9.69. The molecule has 0 heterocycles. The minimum atomic E-state index is -0.140. The number of allylic oxidation sites excluding steroid dienone is 8. The fourth-order valence-electron chi connectivity index (χ4n) is 5.30. The van der Waals surface area contributed by atoms with E-state index in [0.717, 1.165) is 32.3 Å². The number of fused-ring (bicyclic) bond motifs is 1. The Hall–Kier alpha value is -0.650. The molecule has 0 saturated heterocycles. The van der Waals surface area contributed by atoms with Gasteiger partial charge in [-0.1, -0.05) is 71.5 Å². The van der Waals surface area contributed by atoms with Crippen LogP contribution in [0, 0.1) is 11.8 Å². The third-order valence-corrected chi connectivity index (χ3v) is 8.55. The van der Waals surface area contributed by atoms with Crippen molar-refractivity contribution < 1.29 is 9.47 Å². The summed E-state index contributed by atoms with van der Waals surface area (Å²) in [5, 5.41) is 0. The number of ether oxygens (including phenoxy) is 2. The zero-order valence-electron chi connectivity index (χ0n) is 17.9. The number of alkyl halides is 1. The largest absolute Gasteiger partial charge is 0.352 e. The van der Waals surface area contributed by atoms with Crippen LogP contribution in [0.4, 0.5) is 0 Å². The summed E-state index contributed by atoms with van der Waals surface area (Å²) in [4.78, 5) is 0. The molecule has 0 spiro atoms. The van der Waals surface area contributed by atoms with E-state index in [2.05, 4.69) is 72.9 Å². The minimum absolute atomic E-state index is 0.140. The van der Waals surface area contributed by atoms with E-state index >= 15 is 0 Å². The minimum Gasteiger partial charge on any atom is -0.352 e. The zero-order chi connectivity index (χ0) is 20.2. The van der Waals surface area contributed by atoms with Gasteiger partial charge < -0.3 is 9.47 Å². The van der Waals surface area contributed by atoms with Crippen LogP contribution in [0.5, 0.6) is 0 Å². The van der Waals surface area contributed by atoms with E-state index in [1.54, 1.807) is 5.57 Å². The summed E-state index contributed by atoms with van der Waals surface area (Å²) in [5.41, 5.74) is 6.13. The Balaban J connectivity index is 1.36. The molecule has 5 atom stereocenters.